The van der Waals surface area contributed by atoms with E-state index in [1.807, 2.05) is 38.4 Å². The average molecular weight is 354 g/mol. The molecule has 1 heterocycles. The number of hydrogen-bond acceptors (Lipinski definition) is 4. The molecule has 0 saturated heterocycles. The second-order valence-corrected chi connectivity index (χ2v) is 6.21. The molecular weight excluding hydrogens is 334 g/mol. The van der Waals surface area contributed by atoms with Crippen molar-refractivity contribution >= 4 is 27.5 Å². The minimum Gasteiger partial charge on any atom is -0.382 e. The first kappa shape index (κ1) is 16.0. The first-order chi connectivity index (χ1) is 10.1. The van der Waals surface area contributed by atoms with E-state index < -0.39 is 6.10 Å². The molecule has 0 fully saturated rings. The van der Waals surface area contributed by atoms with Gasteiger partial charge in [0, 0.05) is 23.0 Å². The van der Waals surface area contributed by atoms with Crippen LogP contribution in [0.4, 0.5) is 0 Å². The summed E-state index contributed by atoms with van der Waals surface area (Å²) in [6.45, 7) is 1.61. The van der Waals surface area contributed by atoms with Gasteiger partial charge in [-0.3, -0.25) is 4.79 Å². The molecule has 1 aromatic carbocycles. The maximum atomic E-state index is 12.0. The lowest BCUT2D eigenvalue weighted by Crippen LogP contribution is -2.36. The number of carbonyl (C=O) groups is 1. The van der Waals surface area contributed by atoms with Crippen molar-refractivity contribution in [2.75, 3.05) is 27.2 Å². The van der Waals surface area contributed by atoms with Gasteiger partial charge in [-0.25, -0.2) is 0 Å². The van der Waals surface area contributed by atoms with Crippen LogP contribution in [-0.2, 0) is 9.63 Å². The van der Waals surface area contributed by atoms with Crippen molar-refractivity contribution in [3.8, 4) is 0 Å². The Morgan fingerprint density at radius 2 is 2.33 bits per heavy atom. The van der Waals surface area contributed by atoms with Gasteiger partial charge in [-0.1, -0.05) is 33.2 Å². The Morgan fingerprint density at radius 3 is 3.05 bits per heavy atom. The molecule has 1 unspecified atom stereocenters. The maximum absolute atomic E-state index is 12.0. The predicted octanol–water partition coefficient (Wildman–Crippen LogP) is 2.01. The summed E-state index contributed by atoms with van der Waals surface area (Å²) in [6.07, 6.45) is 0.916. The Morgan fingerprint density at radius 1 is 1.52 bits per heavy atom. The molecule has 2 rings (SSSR count). The van der Waals surface area contributed by atoms with Crippen LogP contribution in [0.3, 0.4) is 0 Å². The van der Waals surface area contributed by atoms with Crippen LogP contribution in [0.1, 0.15) is 18.4 Å². The highest BCUT2D eigenvalue weighted by atomic mass is 79.9. The molecule has 1 amide bonds. The zero-order valence-corrected chi connectivity index (χ0v) is 13.9. The average Bonchev–Trinajstić information content (AvgIpc) is 2.93. The van der Waals surface area contributed by atoms with Crippen LogP contribution in [0.15, 0.2) is 33.9 Å². The van der Waals surface area contributed by atoms with Crippen LogP contribution in [0, 0.1) is 0 Å². The van der Waals surface area contributed by atoms with Crippen LogP contribution >= 0.6 is 15.9 Å². The number of rotatable bonds is 6. The van der Waals surface area contributed by atoms with Crippen LogP contribution < -0.4 is 5.32 Å². The lowest BCUT2D eigenvalue weighted by atomic mass is 10.0. The van der Waals surface area contributed by atoms with Gasteiger partial charge in [0.05, 0.1) is 5.71 Å². The van der Waals surface area contributed by atoms with Crippen molar-refractivity contribution in [1.82, 2.24) is 10.2 Å². The largest absolute Gasteiger partial charge is 0.382 e. The highest BCUT2D eigenvalue weighted by molar-refractivity contribution is 9.10. The molecule has 0 spiro atoms. The van der Waals surface area contributed by atoms with Crippen LogP contribution in [0.2, 0.25) is 0 Å². The molecule has 5 nitrogen and oxygen atoms in total. The highest BCUT2D eigenvalue weighted by Gasteiger charge is 2.28. The van der Waals surface area contributed by atoms with Gasteiger partial charge in [0.15, 0.2) is 0 Å². The van der Waals surface area contributed by atoms with E-state index in [1.54, 1.807) is 0 Å². The quantitative estimate of drug-likeness (QED) is 0.796. The summed E-state index contributed by atoms with van der Waals surface area (Å²) in [4.78, 5) is 19.3. The summed E-state index contributed by atoms with van der Waals surface area (Å²) in [5.74, 6) is -0.0949. The van der Waals surface area contributed by atoms with Gasteiger partial charge in [-0.15, -0.1) is 0 Å². The topological polar surface area (TPSA) is 53.9 Å². The third-order valence-electron chi connectivity index (χ3n) is 3.20. The zero-order chi connectivity index (χ0) is 15.2. The number of halogens is 1. The van der Waals surface area contributed by atoms with Crippen LogP contribution in [0.25, 0.3) is 0 Å². The maximum Gasteiger partial charge on any atom is 0.264 e. The Labute approximate surface area is 133 Å². The molecule has 0 bridgehead atoms. The van der Waals surface area contributed by atoms with Crippen molar-refractivity contribution in [3.05, 3.63) is 34.3 Å². The fourth-order valence-electron chi connectivity index (χ4n) is 2.08. The van der Waals surface area contributed by atoms with E-state index >= 15 is 0 Å². The van der Waals surface area contributed by atoms with Gasteiger partial charge in [0.1, 0.15) is 0 Å². The van der Waals surface area contributed by atoms with Gasteiger partial charge in [-0.2, -0.15) is 0 Å². The standard InChI is InChI=1S/C15H20BrN3O2/c1-19(2)8-4-7-17-15(20)14-10-13(18-21-14)11-5-3-6-12(16)9-11/h3,5-6,9,14H,4,7-8,10H2,1-2H3,(H,17,20). The van der Waals surface area contributed by atoms with E-state index in [0.717, 1.165) is 28.7 Å². The molecule has 114 valence electrons. The fourth-order valence-corrected chi connectivity index (χ4v) is 2.48. The second kappa shape index (κ2) is 7.56. The minimum atomic E-state index is -0.515. The fraction of sp³-hybridized carbons (Fsp3) is 0.467. The smallest absolute Gasteiger partial charge is 0.264 e. The van der Waals surface area contributed by atoms with Crippen molar-refractivity contribution in [1.29, 1.82) is 0 Å². The first-order valence-electron chi connectivity index (χ1n) is 6.97. The lowest BCUT2D eigenvalue weighted by Gasteiger charge is -2.11. The normalized spacial score (nSPS) is 17.5. The molecule has 0 saturated carbocycles. The van der Waals surface area contributed by atoms with Crippen molar-refractivity contribution < 1.29 is 9.63 Å². The van der Waals surface area contributed by atoms with Gasteiger partial charge < -0.3 is 15.1 Å². The van der Waals surface area contributed by atoms with E-state index in [1.165, 1.54) is 0 Å². The molecule has 1 aromatic rings. The number of hydrogen-bond donors (Lipinski definition) is 1. The zero-order valence-electron chi connectivity index (χ0n) is 12.3. The van der Waals surface area contributed by atoms with E-state index in [0.29, 0.717) is 13.0 Å². The summed E-state index contributed by atoms with van der Waals surface area (Å²) in [5.41, 5.74) is 1.79. The van der Waals surface area contributed by atoms with Gasteiger partial charge in [0.2, 0.25) is 6.10 Å². The Balaban J connectivity index is 1.80. The van der Waals surface area contributed by atoms with E-state index in [4.69, 9.17) is 4.84 Å². The lowest BCUT2D eigenvalue weighted by molar-refractivity contribution is -0.131. The minimum absolute atomic E-state index is 0.0949. The number of nitrogens with zero attached hydrogens (tertiary/aromatic N) is 2. The Hall–Kier alpha value is -1.40. The molecule has 0 radical (unpaired) electrons. The summed E-state index contributed by atoms with van der Waals surface area (Å²) in [6, 6.07) is 7.83. The molecule has 1 N–H and O–H groups in total. The van der Waals surface area contributed by atoms with E-state index in [-0.39, 0.29) is 5.91 Å². The van der Waals surface area contributed by atoms with Crippen LogP contribution in [-0.4, -0.2) is 49.8 Å². The van der Waals surface area contributed by atoms with Gasteiger partial charge in [-0.05, 0) is 39.2 Å². The predicted molar refractivity (Wildman–Crippen MR) is 86.3 cm³/mol. The number of benzene rings is 1. The Kier molecular flexibility index (Phi) is 5.76. The van der Waals surface area contributed by atoms with Crippen molar-refractivity contribution in [3.63, 3.8) is 0 Å². The van der Waals surface area contributed by atoms with Crippen molar-refractivity contribution in [2.45, 2.75) is 18.9 Å². The third kappa shape index (κ3) is 4.82. The van der Waals surface area contributed by atoms with Gasteiger partial charge >= 0.3 is 0 Å². The molecule has 1 aliphatic rings. The molecule has 1 aliphatic heterocycles. The number of carbonyl (C=O) groups excluding carboxylic acids is 1. The monoisotopic (exact) mass is 353 g/mol. The Bertz CT molecular complexity index is 531. The molecule has 0 aromatic heterocycles. The molecule has 0 aliphatic carbocycles. The third-order valence-corrected chi connectivity index (χ3v) is 3.69. The van der Waals surface area contributed by atoms with E-state index in [9.17, 15) is 4.79 Å². The number of amides is 1. The molecule has 6 heteroatoms. The van der Waals surface area contributed by atoms with E-state index in [2.05, 4.69) is 31.3 Å². The SMILES string of the molecule is CN(C)CCCNC(=O)C1CC(c2cccc(Br)c2)=NO1. The molecular formula is C15H20BrN3O2. The van der Waals surface area contributed by atoms with Gasteiger partial charge in [0.25, 0.3) is 5.91 Å². The summed E-state index contributed by atoms with van der Waals surface area (Å²) >= 11 is 3.43. The first-order valence-corrected chi connectivity index (χ1v) is 7.76. The summed E-state index contributed by atoms with van der Waals surface area (Å²) in [7, 11) is 4.03. The van der Waals surface area contributed by atoms with Crippen LogP contribution in [0.5, 0.6) is 0 Å². The molecule has 1 atom stereocenters. The summed E-state index contributed by atoms with van der Waals surface area (Å²) in [5, 5.41) is 6.92. The highest BCUT2D eigenvalue weighted by Crippen LogP contribution is 2.19. The second-order valence-electron chi connectivity index (χ2n) is 5.29. The number of oxime groups is 1. The van der Waals surface area contributed by atoms with Crippen molar-refractivity contribution in [2.24, 2.45) is 5.16 Å². The molecule has 21 heavy (non-hydrogen) atoms. The summed E-state index contributed by atoms with van der Waals surface area (Å²) < 4.78 is 0.985. The number of nitrogens with one attached hydrogen (secondary N) is 1.